The second-order valence-corrected chi connectivity index (χ2v) is 6.59. The minimum atomic E-state index is -0.137. The van der Waals surface area contributed by atoms with Crippen LogP contribution in [0.3, 0.4) is 0 Å². The van der Waals surface area contributed by atoms with Gasteiger partial charge in [-0.05, 0) is 24.0 Å². The number of ether oxygens (including phenoxy) is 1. The Bertz CT molecular complexity index is 538. The molecule has 0 radical (unpaired) electrons. The van der Waals surface area contributed by atoms with E-state index in [0.29, 0.717) is 0 Å². The van der Waals surface area contributed by atoms with Gasteiger partial charge in [0.2, 0.25) is 0 Å². The first-order valence-electron chi connectivity index (χ1n) is 8.40. The maximum atomic E-state index is 6.65. The van der Waals surface area contributed by atoms with Crippen LogP contribution in [0.1, 0.15) is 24.0 Å². The number of nitrogens with zero attached hydrogens (tertiary/aromatic N) is 1. The molecule has 0 bridgehead atoms. The molecule has 3 heteroatoms. The summed E-state index contributed by atoms with van der Waals surface area (Å²) in [5.41, 5.74) is 9.17. The summed E-state index contributed by atoms with van der Waals surface area (Å²) < 4.78 is 5.48. The van der Waals surface area contributed by atoms with Crippen LogP contribution in [0.25, 0.3) is 0 Å². The highest BCUT2D eigenvalue weighted by Crippen LogP contribution is 2.21. The van der Waals surface area contributed by atoms with Gasteiger partial charge < -0.3 is 10.5 Å². The summed E-state index contributed by atoms with van der Waals surface area (Å²) >= 11 is 0. The van der Waals surface area contributed by atoms with Gasteiger partial charge in [-0.25, -0.2) is 0 Å². The molecule has 1 aliphatic heterocycles. The molecule has 2 N–H and O–H groups in total. The molecule has 0 spiro atoms. The molecule has 0 aliphatic carbocycles. The lowest BCUT2D eigenvalue weighted by molar-refractivity contribution is 0.0351. The third-order valence-corrected chi connectivity index (χ3v) is 4.53. The molecule has 0 aromatic heterocycles. The van der Waals surface area contributed by atoms with Gasteiger partial charge in [0, 0.05) is 38.4 Å². The van der Waals surface area contributed by atoms with Crippen molar-refractivity contribution in [1.29, 1.82) is 0 Å². The highest BCUT2D eigenvalue weighted by Gasteiger charge is 2.30. The standard InChI is InChI=1S/C20H26N2O/c21-20(11-13-23-14-12-20)17-22(15-18-7-3-1-4-8-18)16-19-9-5-2-6-10-19/h1-10H,11-17,21H2. The summed E-state index contributed by atoms with van der Waals surface area (Å²) in [6, 6.07) is 21.3. The van der Waals surface area contributed by atoms with Gasteiger partial charge in [-0.15, -0.1) is 0 Å². The first-order chi connectivity index (χ1) is 11.2. The minimum absolute atomic E-state index is 0.137. The second kappa shape index (κ2) is 7.73. The minimum Gasteiger partial charge on any atom is -0.381 e. The van der Waals surface area contributed by atoms with Crippen molar-refractivity contribution in [3.05, 3.63) is 71.8 Å². The summed E-state index contributed by atoms with van der Waals surface area (Å²) in [5.74, 6) is 0. The third kappa shape index (κ3) is 4.90. The molecule has 0 atom stereocenters. The van der Waals surface area contributed by atoms with E-state index in [1.807, 2.05) is 0 Å². The summed E-state index contributed by atoms with van der Waals surface area (Å²) in [7, 11) is 0. The zero-order valence-corrected chi connectivity index (χ0v) is 13.7. The van der Waals surface area contributed by atoms with E-state index in [1.165, 1.54) is 11.1 Å². The Hall–Kier alpha value is -1.68. The highest BCUT2D eigenvalue weighted by molar-refractivity contribution is 5.17. The largest absolute Gasteiger partial charge is 0.381 e. The van der Waals surface area contributed by atoms with Crippen molar-refractivity contribution in [3.63, 3.8) is 0 Å². The van der Waals surface area contributed by atoms with Gasteiger partial charge in [-0.2, -0.15) is 0 Å². The molecular weight excluding hydrogens is 284 g/mol. The highest BCUT2D eigenvalue weighted by atomic mass is 16.5. The van der Waals surface area contributed by atoms with E-state index in [9.17, 15) is 0 Å². The average molecular weight is 310 g/mol. The van der Waals surface area contributed by atoms with Gasteiger partial charge in [0.25, 0.3) is 0 Å². The zero-order valence-electron chi connectivity index (χ0n) is 13.7. The van der Waals surface area contributed by atoms with Crippen LogP contribution in [0.5, 0.6) is 0 Å². The Kier molecular flexibility index (Phi) is 5.44. The van der Waals surface area contributed by atoms with Gasteiger partial charge in [-0.1, -0.05) is 60.7 Å². The molecule has 2 aromatic rings. The maximum absolute atomic E-state index is 6.65. The van der Waals surface area contributed by atoms with Crippen molar-refractivity contribution >= 4 is 0 Å². The van der Waals surface area contributed by atoms with Crippen molar-refractivity contribution in [3.8, 4) is 0 Å². The lowest BCUT2D eigenvalue weighted by Gasteiger charge is -2.38. The number of hydrogen-bond acceptors (Lipinski definition) is 3. The van der Waals surface area contributed by atoms with E-state index in [0.717, 1.165) is 45.7 Å². The first kappa shape index (κ1) is 16.2. The van der Waals surface area contributed by atoms with Gasteiger partial charge in [-0.3, -0.25) is 4.90 Å². The third-order valence-electron chi connectivity index (χ3n) is 4.53. The molecule has 0 amide bonds. The number of nitrogens with two attached hydrogens (primary N) is 1. The van der Waals surface area contributed by atoms with Gasteiger partial charge >= 0.3 is 0 Å². The molecule has 1 fully saturated rings. The lowest BCUT2D eigenvalue weighted by Crippen LogP contribution is -2.53. The van der Waals surface area contributed by atoms with Crippen LogP contribution in [0.2, 0.25) is 0 Å². The Labute approximate surface area is 139 Å². The molecule has 0 unspecified atom stereocenters. The quantitative estimate of drug-likeness (QED) is 0.890. The lowest BCUT2D eigenvalue weighted by atomic mass is 9.90. The molecule has 2 aromatic carbocycles. The summed E-state index contributed by atoms with van der Waals surface area (Å²) in [6.45, 7) is 4.31. The Morgan fingerprint density at radius 2 is 1.30 bits per heavy atom. The summed E-state index contributed by atoms with van der Waals surface area (Å²) in [4.78, 5) is 2.47. The van der Waals surface area contributed by atoms with E-state index in [4.69, 9.17) is 10.5 Å². The molecule has 23 heavy (non-hydrogen) atoms. The van der Waals surface area contributed by atoms with E-state index >= 15 is 0 Å². The summed E-state index contributed by atoms with van der Waals surface area (Å²) in [5, 5.41) is 0. The monoisotopic (exact) mass is 310 g/mol. The van der Waals surface area contributed by atoms with Crippen LogP contribution in [0.4, 0.5) is 0 Å². The Morgan fingerprint density at radius 1 is 0.826 bits per heavy atom. The smallest absolute Gasteiger partial charge is 0.0484 e. The molecule has 1 heterocycles. The van der Waals surface area contributed by atoms with Crippen molar-refractivity contribution in [2.75, 3.05) is 19.8 Å². The SMILES string of the molecule is NC1(CN(Cc2ccccc2)Cc2ccccc2)CCOCC1. The van der Waals surface area contributed by atoms with Crippen molar-refractivity contribution < 1.29 is 4.74 Å². The molecule has 0 saturated carbocycles. The van der Waals surface area contributed by atoms with Crippen LogP contribution in [-0.4, -0.2) is 30.2 Å². The fraction of sp³-hybridized carbons (Fsp3) is 0.400. The zero-order chi connectivity index (χ0) is 16.0. The van der Waals surface area contributed by atoms with Crippen LogP contribution >= 0.6 is 0 Å². The second-order valence-electron chi connectivity index (χ2n) is 6.59. The fourth-order valence-corrected chi connectivity index (χ4v) is 3.23. The fourth-order valence-electron chi connectivity index (χ4n) is 3.23. The molecular formula is C20H26N2O. The predicted octanol–water partition coefficient (Wildman–Crippen LogP) is 3.20. The van der Waals surface area contributed by atoms with E-state index in [-0.39, 0.29) is 5.54 Å². The van der Waals surface area contributed by atoms with E-state index in [1.54, 1.807) is 0 Å². The normalized spacial score (nSPS) is 17.3. The molecule has 1 saturated heterocycles. The van der Waals surface area contributed by atoms with E-state index < -0.39 is 0 Å². The summed E-state index contributed by atoms with van der Waals surface area (Å²) in [6.07, 6.45) is 1.88. The van der Waals surface area contributed by atoms with Gasteiger partial charge in [0.1, 0.15) is 0 Å². The van der Waals surface area contributed by atoms with Crippen molar-refractivity contribution in [2.45, 2.75) is 31.5 Å². The van der Waals surface area contributed by atoms with Crippen LogP contribution in [0, 0.1) is 0 Å². The molecule has 3 rings (SSSR count). The van der Waals surface area contributed by atoms with Crippen LogP contribution < -0.4 is 5.73 Å². The van der Waals surface area contributed by atoms with Crippen LogP contribution in [-0.2, 0) is 17.8 Å². The molecule has 1 aliphatic rings. The average Bonchev–Trinajstić information content (AvgIpc) is 2.57. The van der Waals surface area contributed by atoms with Gasteiger partial charge in [0.15, 0.2) is 0 Å². The molecule has 3 nitrogen and oxygen atoms in total. The molecule has 122 valence electrons. The topological polar surface area (TPSA) is 38.5 Å². The Morgan fingerprint density at radius 3 is 1.78 bits per heavy atom. The maximum Gasteiger partial charge on any atom is 0.0484 e. The van der Waals surface area contributed by atoms with Crippen molar-refractivity contribution in [1.82, 2.24) is 4.90 Å². The first-order valence-corrected chi connectivity index (χ1v) is 8.40. The number of rotatable bonds is 6. The van der Waals surface area contributed by atoms with Gasteiger partial charge in [0.05, 0.1) is 0 Å². The number of benzene rings is 2. The van der Waals surface area contributed by atoms with Crippen LogP contribution in [0.15, 0.2) is 60.7 Å². The number of hydrogen-bond donors (Lipinski definition) is 1. The van der Waals surface area contributed by atoms with Crippen molar-refractivity contribution in [2.24, 2.45) is 5.73 Å². The Balaban J connectivity index is 1.72. The predicted molar refractivity (Wildman–Crippen MR) is 94.0 cm³/mol. The van der Waals surface area contributed by atoms with E-state index in [2.05, 4.69) is 65.6 Å².